The number of rotatable bonds is 6. The van der Waals surface area contributed by atoms with Crippen molar-refractivity contribution in [3.8, 4) is 10.4 Å². The van der Waals surface area contributed by atoms with Crippen molar-refractivity contribution in [2.24, 2.45) is 0 Å². The molecule has 0 radical (unpaired) electrons. The van der Waals surface area contributed by atoms with Crippen molar-refractivity contribution < 1.29 is 9.90 Å². The van der Waals surface area contributed by atoms with Crippen LogP contribution in [0.2, 0.25) is 0 Å². The quantitative estimate of drug-likeness (QED) is 0.738. The summed E-state index contributed by atoms with van der Waals surface area (Å²) in [6.45, 7) is 2.34. The number of nitrogens with zero attached hydrogens (tertiary/aromatic N) is 2. The number of fused-ring (bicyclic) bond motifs is 1. The van der Waals surface area contributed by atoms with E-state index in [0.717, 1.165) is 15.3 Å². The summed E-state index contributed by atoms with van der Waals surface area (Å²) in [6, 6.07) is 3.96. The van der Waals surface area contributed by atoms with E-state index in [2.05, 4.69) is 4.98 Å². The first-order chi connectivity index (χ1) is 11.1. The van der Waals surface area contributed by atoms with Gasteiger partial charge in [-0.15, -0.1) is 22.7 Å². The van der Waals surface area contributed by atoms with E-state index in [4.69, 9.17) is 5.11 Å². The molecule has 0 unspecified atom stereocenters. The van der Waals surface area contributed by atoms with Gasteiger partial charge in [0.15, 0.2) is 0 Å². The zero-order chi connectivity index (χ0) is 16.4. The minimum absolute atomic E-state index is 0.0506. The Morgan fingerprint density at radius 3 is 2.87 bits per heavy atom. The topological polar surface area (TPSA) is 72.2 Å². The number of carboxylic acids is 1. The minimum Gasteiger partial charge on any atom is -0.481 e. The van der Waals surface area contributed by atoms with Crippen LogP contribution in [0, 0.1) is 0 Å². The summed E-state index contributed by atoms with van der Waals surface area (Å²) in [5, 5.41) is 13.4. The van der Waals surface area contributed by atoms with Crippen LogP contribution in [0.3, 0.4) is 0 Å². The molecule has 5 nitrogen and oxygen atoms in total. The molecule has 0 aliphatic rings. The molecule has 0 aliphatic heterocycles. The van der Waals surface area contributed by atoms with E-state index in [1.165, 1.54) is 11.3 Å². The van der Waals surface area contributed by atoms with Crippen molar-refractivity contribution >= 4 is 38.9 Å². The smallest absolute Gasteiger partial charge is 0.303 e. The molecule has 120 valence electrons. The van der Waals surface area contributed by atoms with Crippen LogP contribution in [0.5, 0.6) is 0 Å². The number of aliphatic carboxylic acids is 1. The fraction of sp³-hybridized carbons (Fsp3) is 0.312. The van der Waals surface area contributed by atoms with Gasteiger partial charge in [0.05, 0.1) is 5.39 Å². The van der Waals surface area contributed by atoms with E-state index >= 15 is 0 Å². The zero-order valence-corrected chi connectivity index (χ0v) is 14.2. The van der Waals surface area contributed by atoms with Crippen molar-refractivity contribution in [2.45, 2.75) is 32.7 Å². The molecule has 0 saturated heterocycles. The lowest BCUT2D eigenvalue weighted by Crippen LogP contribution is -2.25. The summed E-state index contributed by atoms with van der Waals surface area (Å²) in [6.07, 6.45) is 1.12. The molecule has 0 aliphatic carbocycles. The van der Waals surface area contributed by atoms with Gasteiger partial charge >= 0.3 is 5.97 Å². The molecule has 23 heavy (non-hydrogen) atoms. The normalized spacial score (nSPS) is 11.2. The third-order valence-electron chi connectivity index (χ3n) is 3.65. The summed E-state index contributed by atoms with van der Waals surface area (Å²) in [5.74, 6) is -0.132. The third-order valence-corrected chi connectivity index (χ3v) is 5.42. The molecule has 3 aromatic heterocycles. The Morgan fingerprint density at radius 1 is 1.39 bits per heavy atom. The predicted octanol–water partition coefficient (Wildman–Crippen LogP) is 3.61. The fourth-order valence-corrected chi connectivity index (χ4v) is 4.34. The third kappa shape index (κ3) is 3.07. The lowest BCUT2D eigenvalue weighted by molar-refractivity contribution is -0.137. The average molecular weight is 348 g/mol. The number of aromatic nitrogens is 2. The summed E-state index contributed by atoms with van der Waals surface area (Å²) >= 11 is 3.08. The maximum atomic E-state index is 12.9. The van der Waals surface area contributed by atoms with Gasteiger partial charge in [-0.25, -0.2) is 4.98 Å². The predicted molar refractivity (Wildman–Crippen MR) is 93.4 cm³/mol. The maximum Gasteiger partial charge on any atom is 0.303 e. The van der Waals surface area contributed by atoms with Crippen LogP contribution < -0.4 is 5.56 Å². The van der Waals surface area contributed by atoms with E-state index in [1.54, 1.807) is 15.9 Å². The summed E-state index contributed by atoms with van der Waals surface area (Å²) in [4.78, 5) is 30.1. The SMILES string of the molecule is CCc1nc2scc(-c3cccs3)c2c(=O)n1CCCC(=O)O. The van der Waals surface area contributed by atoms with Gasteiger partial charge < -0.3 is 5.11 Å². The molecule has 0 amide bonds. The van der Waals surface area contributed by atoms with Crippen molar-refractivity contribution in [1.82, 2.24) is 9.55 Å². The Balaban J connectivity index is 2.11. The number of thiophene rings is 2. The maximum absolute atomic E-state index is 12.9. The Labute approximate surface area is 140 Å². The van der Waals surface area contributed by atoms with Crippen LogP contribution >= 0.6 is 22.7 Å². The van der Waals surface area contributed by atoms with E-state index in [9.17, 15) is 9.59 Å². The van der Waals surface area contributed by atoms with Gasteiger partial charge in [-0.2, -0.15) is 0 Å². The van der Waals surface area contributed by atoms with Crippen LogP contribution in [0.1, 0.15) is 25.6 Å². The van der Waals surface area contributed by atoms with Crippen LogP contribution in [0.15, 0.2) is 27.7 Å². The minimum atomic E-state index is -0.847. The highest BCUT2D eigenvalue weighted by molar-refractivity contribution is 7.18. The molecule has 3 rings (SSSR count). The van der Waals surface area contributed by atoms with Crippen LogP contribution in [-0.4, -0.2) is 20.6 Å². The number of aryl methyl sites for hydroxylation is 1. The van der Waals surface area contributed by atoms with E-state index < -0.39 is 5.97 Å². The Hall–Kier alpha value is -1.99. The molecule has 1 N–H and O–H groups in total. The molecular weight excluding hydrogens is 332 g/mol. The van der Waals surface area contributed by atoms with E-state index in [1.807, 2.05) is 29.8 Å². The molecule has 0 aromatic carbocycles. The first-order valence-corrected chi connectivity index (χ1v) is 9.14. The number of hydrogen-bond donors (Lipinski definition) is 1. The molecule has 7 heteroatoms. The second-order valence-corrected chi connectivity index (χ2v) is 6.95. The van der Waals surface area contributed by atoms with Crippen molar-refractivity contribution in [1.29, 1.82) is 0 Å². The lowest BCUT2D eigenvalue weighted by atomic mass is 10.2. The van der Waals surface area contributed by atoms with Gasteiger partial charge in [-0.3, -0.25) is 14.2 Å². The van der Waals surface area contributed by atoms with Gasteiger partial charge in [0, 0.05) is 35.2 Å². The molecule has 3 aromatic rings. The highest BCUT2D eigenvalue weighted by atomic mass is 32.1. The highest BCUT2D eigenvalue weighted by Crippen LogP contribution is 2.33. The van der Waals surface area contributed by atoms with Gasteiger partial charge in [0.25, 0.3) is 5.56 Å². The zero-order valence-electron chi connectivity index (χ0n) is 12.6. The largest absolute Gasteiger partial charge is 0.481 e. The summed E-state index contributed by atoms with van der Waals surface area (Å²) in [7, 11) is 0. The number of carbonyl (C=O) groups is 1. The Morgan fingerprint density at radius 2 is 2.22 bits per heavy atom. The first kappa shape index (κ1) is 15.9. The van der Waals surface area contributed by atoms with Crippen LogP contribution in [0.25, 0.3) is 20.7 Å². The van der Waals surface area contributed by atoms with Crippen molar-refractivity contribution in [2.75, 3.05) is 0 Å². The molecule has 0 saturated carbocycles. The fourth-order valence-electron chi connectivity index (χ4n) is 2.57. The van der Waals surface area contributed by atoms with Crippen molar-refractivity contribution in [3.05, 3.63) is 39.1 Å². The van der Waals surface area contributed by atoms with Gasteiger partial charge in [0.2, 0.25) is 0 Å². The monoisotopic (exact) mass is 348 g/mol. The van der Waals surface area contributed by atoms with Crippen LogP contribution in [-0.2, 0) is 17.8 Å². The molecule has 0 spiro atoms. The van der Waals surface area contributed by atoms with Gasteiger partial charge in [-0.1, -0.05) is 13.0 Å². The van der Waals surface area contributed by atoms with Gasteiger partial charge in [-0.05, 0) is 17.9 Å². The van der Waals surface area contributed by atoms with E-state index in [-0.39, 0.29) is 12.0 Å². The van der Waals surface area contributed by atoms with Crippen molar-refractivity contribution in [3.63, 3.8) is 0 Å². The second-order valence-electron chi connectivity index (χ2n) is 5.14. The summed E-state index contributed by atoms with van der Waals surface area (Å²) < 4.78 is 1.63. The molecule has 0 fully saturated rings. The second kappa shape index (κ2) is 6.64. The highest BCUT2D eigenvalue weighted by Gasteiger charge is 2.16. The Bertz CT molecular complexity index is 894. The Kier molecular flexibility index (Phi) is 4.58. The van der Waals surface area contributed by atoms with E-state index in [0.29, 0.717) is 30.6 Å². The summed E-state index contributed by atoms with van der Waals surface area (Å²) in [5.41, 5.74) is 0.856. The van der Waals surface area contributed by atoms with Gasteiger partial charge in [0.1, 0.15) is 10.7 Å². The molecule has 0 bridgehead atoms. The number of carboxylic acid groups (broad SMARTS) is 1. The molecule has 3 heterocycles. The lowest BCUT2D eigenvalue weighted by Gasteiger charge is -2.11. The molecule has 0 atom stereocenters. The molecular formula is C16H16N2O3S2. The average Bonchev–Trinajstić information content (AvgIpc) is 3.17. The van der Waals surface area contributed by atoms with Crippen LogP contribution in [0.4, 0.5) is 0 Å². The standard InChI is InChI=1S/C16H16N2O3S2/c1-2-12-17-15-14(10(9-23-15)11-5-4-8-22-11)16(21)18(12)7-3-6-13(19)20/h4-5,8-9H,2-3,6-7H2,1H3,(H,19,20). The number of hydrogen-bond acceptors (Lipinski definition) is 5. The first-order valence-electron chi connectivity index (χ1n) is 7.38.